The zero-order valence-electron chi connectivity index (χ0n) is 16.6. The number of rotatable bonds is 4. The Labute approximate surface area is 188 Å². The van der Waals surface area contributed by atoms with E-state index in [0.29, 0.717) is 33.9 Å². The third-order valence-electron chi connectivity index (χ3n) is 5.28. The first-order valence-electron chi connectivity index (χ1n) is 9.89. The van der Waals surface area contributed by atoms with Crippen LogP contribution in [0.5, 0.6) is 5.75 Å². The van der Waals surface area contributed by atoms with Crippen LogP contribution in [0.3, 0.4) is 0 Å². The summed E-state index contributed by atoms with van der Waals surface area (Å²) < 4.78 is 22.5. The van der Waals surface area contributed by atoms with Crippen LogP contribution in [-0.2, 0) is 0 Å². The molecular weight excluding hydrogens is 436 g/mol. The van der Waals surface area contributed by atoms with Gasteiger partial charge in [-0.15, -0.1) is 0 Å². The van der Waals surface area contributed by atoms with E-state index in [0.717, 1.165) is 22.3 Å². The summed E-state index contributed by atoms with van der Waals surface area (Å²) in [4.78, 5) is 4.72. The molecule has 0 spiro atoms. The molecule has 4 aromatic rings. The molecule has 7 heteroatoms. The summed E-state index contributed by atoms with van der Waals surface area (Å²) in [7, 11) is 0. The number of benzene rings is 3. The van der Waals surface area contributed by atoms with Gasteiger partial charge in [0.1, 0.15) is 11.6 Å². The number of ether oxygens (including phenoxy) is 1. The van der Waals surface area contributed by atoms with Crippen molar-refractivity contribution in [2.75, 3.05) is 11.9 Å². The summed E-state index contributed by atoms with van der Waals surface area (Å²) in [6.45, 7) is 2.43. The van der Waals surface area contributed by atoms with Gasteiger partial charge in [-0.2, -0.15) is 0 Å². The molecule has 0 saturated heterocycles. The quantitative estimate of drug-likeness (QED) is 0.363. The van der Waals surface area contributed by atoms with E-state index < -0.39 is 6.04 Å². The van der Waals surface area contributed by atoms with Crippen molar-refractivity contribution >= 4 is 45.9 Å². The molecule has 0 amide bonds. The lowest BCUT2D eigenvalue weighted by atomic mass is 10.0. The Morgan fingerprint density at radius 2 is 1.90 bits per heavy atom. The number of allylic oxidation sites excluding steroid dienone is 1. The van der Waals surface area contributed by atoms with Gasteiger partial charge in [-0.05, 0) is 61.0 Å². The van der Waals surface area contributed by atoms with Gasteiger partial charge in [-0.3, -0.25) is 4.57 Å². The molecular formula is C24H18Cl2FN3O. The van der Waals surface area contributed by atoms with Crippen LogP contribution in [0, 0.1) is 5.82 Å². The van der Waals surface area contributed by atoms with Crippen LogP contribution in [0.25, 0.3) is 16.7 Å². The minimum Gasteiger partial charge on any atom is -0.492 e. The highest BCUT2D eigenvalue weighted by Crippen LogP contribution is 2.40. The van der Waals surface area contributed by atoms with Crippen molar-refractivity contribution in [2.45, 2.75) is 13.0 Å². The molecule has 2 heterocycles. The van der Waals surface area contributed by atoms with Gasteiger partial charge < -0.3 is 10.1 Å². The number of anilines is 1. The molecule has 1 atom stereocenters. The lowest BCUT2D eigenvalue weighted by Crippen LogP contribution is -2.20. The van der Waals surface area contributed by atoms with Gasteiger partial charge in [-0.25, -0.2) is 9.37 Å². The number of halogens is 3. The number of fused-ring (bicyclic) bond motifs is 3. The van der Waals surface area contributed by atoms with Crippen LogP contribution in [0.4, 0.5) is 10.3 Å². The first-order valence-corrected chi connectivity index (χ1v) is 10.6. The predicted molar refractivity (Wildman–Crippen MR) is 124 cm³/mol. The van der Waals surface area contributed by atoms with E-state index in [2.05, 4.69) is 5.32 Å². The second kappa shape index (κ2) is 7.91. The van der Waals surface area contributed by atoms with Crippen molar-refractivity contribution in [1.29, 1.82) is 0 Å². The highest BCUT2D eigenvalue weighted by atomic mass is 35.5. The van der Waals surface area contributed by atoms with Gasteiger partial charge in [0.15, 0.2) is 0 Å². The van der Waals surface area contributed by atoms with Gasteiger partial charge in [0, 0.05) is 16.3 Å². The molecule has 31 heavy (non-hydrogen) atoms. The third-order valence-corrected chi connectivity index (χ3v) is 5.91. The second-order valence-corrected chi connectivity index (χ2v) is 7.97. The van der Waals surface area contributed by atoms with Crippen LogP contribution in [0.1, 0.15) is 24.1 Å². The van der Waals surface area contributed by atoms with Crippen molar-refractivity contribution < 1.29 is 9.13 Å². The maximum absolute atomic E-state index is 15.0. The minimum absolute atomic E-state index is 0.357. The van der Waals surface area contributed by atoms with E-state index in [1.165, 1.54) is 6.07 Å². The van der Waals surface area contributed by atoms with E-state index in [1.54, 1.807) is 12.1 Å². The molecule has 0 radical (unpaired) electrons. The summed E-state index contributed by atoms with van der Waals surface area (Å²) in [5.74, 6) is 0.849. The molecule has 0 fully saturated rings. The zero-order valence-corrected chi connectivity index (χ0v) is 18.1. The average molecular weight is 454 g/mol. The highest BCUT2D eigenvalue weighted by molar-refractivity contribution is 6.32. The zero-order chi connectivity index (χ0) is 21.5. The summed E-state index contributed by atoms with van der Waals surface area (Å²) >= 11 is 12.9. The minimum atomic E-state index is -0.488. The fourth-order valence-electron chi connectivity index (χ4n) is 3.92. The number of hydrogen-bond acceptors (Lipinski definition) is 3. The Morgan fingerprint density at radius 3 is 2.68 bits per heavy atom. The van der Waals surface area contributed by atoms with Crippen LogP contribution in [-0.4, -0.2) is 16.2 Å². The number of nitrogens with one attached hydrogen (secondary N) is 1. The molecule has 1 N–H and O–H groups in total. The lowest BCUT2D eigenvalue weighted by molar-refractivity contribution is 0.340. The largest absolute Gasteiger partial charge is 0.492 e. The highest BCUT2D eigenvalue weighted by Gasteiger charge is 2.28. The van der Waals surface area contributed by atoms with Crippen molar-refractivity contribution in [3.8, 4) is 5.75 Å². The maximum atomic E-state index is 15.0. The molecule has 0 aliphatic carbocycles. The molecule has 1 aliphatic rings. The number of hydrogen-bond donors (Lipinski definition) is 1. The fourth-order valence-corrected chi connectivity index (χ4v) is 4.43. The second-order valence-electron chi connectivity index (χ2n) is 7.16. The number of nitrogens with zero attached hydrogens (tertiary/aromatic N) is 2. The van der Waals surface area contributed by atoms with Crippen molar-refractivity contribution in [3.05, 3.63) is 93.7 Å². The molecule has 4 nitrogen and oxygen atoms in total. The number of aromatic nitrogens is 2. The van der Waals surface area contributed by atoms with Crippen LogP contribution < -0.4 is 10.1 Å². The smallest absolute Gasteiger partial charge is 0.209 e. The van der Waals surface area contributed by atoms with Crippen LogP contribution in [0.15, 0.2) is 66.7 Å². The Morgan fingerprint density at radius 1 is 1.06 bits per heavy atom. The van der Waals surface area contributed by atoms with Gasteiger partial charge in [0.05, 0.1) is 28.7 Å². The Kier molecular flexibility index (Phi) is 5.08. The Balaban J connectivity index is 1.70. The molecule has 156 valence electrons. The Hall–Kier alpha value is -3.02. The van der Waals surface area contributed by atoms with Gasteiger partial charge in [-0.1, -0.05) is 41.4 Å². The van der Waals surface area contributed by atoms with Crippen molar-refractivity contribution in [2.24, 2.45) is 0 Å². The molecule has 3 aromatic carbocycles. The topological polar surface area (TPSA) is 39.1 Å². The van der Waals surface area contributed by atoms with Gasteiger partial charge >= 0.3 is 0 Å². The standard InChI is InChI=1S/C24H18Cl2FN3O/c1-2-31-22-11-10-14(12-16(22)26)19-13-21(23-15(25)6-5-7-17(23)27)30-20-9-4-3-8-18(20)28-24(30)29-19/h3-13,21H,2H2,1H3,(H,28,29). The van der Waals surface area contributed by atoms with Gasteiger partial charge in [0.2, 0.25) is 5.95 Å². The molecule has 0 bridgehead atoms. The van der Waals surface area contributed by atoms with Gasteiger partial charge in [0.25, 0.3) is 0 Å². The third kappa shape index (κ3) is 3.44. The Bertz CT molecular complexity index is 1310. The first-order chi connectivity index (χ1) is 15.1. The van der Waals surface area contributed by atoms with E-state index in [9.17, 15) is 4.39 Å². The summed E-state index contributed by atoms with van der Waals surface area (Å²) in [6.07, 6.45) is 1.94. The van der Waals surface area contributed by atoms with E-state index in [-0.39, 0.29) is 5.82 Å². The number of para-hydroxylation sites is 2. The van der Waals surface area contributed by atoms with Crippen LogP contribution >= 0.6 is 23.2 Å². The maximum Gasteiger partial charge on any atom is 0.209 e. The normalized spacial score (nSPS) is 15.4. The van der Waals surface area contributed by atoms with Crippen LogP contribution in [0.2, 0.25) is 10.0 Å². The average Bonchev–Trinajstić information content (AvgIpc) is 3.13. The summed E-state index contributed by atoms with van der Waals surface area (Å²) in [5, 5.41) is 4.23. The number of imidazole rings is 1. The molecule has 5 rings (SSSR count). The van der Waals surface area contributed by atoms with Crippen molar-refractivity contribution in [3.63, 3.8) is 0 Å². The first kappa shape index (κ1) is 19.9. The lowest BCUT2D eigenvalue weighted by Gasteiger charge is -2.27. The molecule has 1 unspecified atom stereocenters. The summed E-state index contributed by atoms with van der Waals surface area (Å²) in [6, 6.07) is 17.5. The summed E-state index contributed by atoms with van der Waals surface area (Å²) in [5.41, 5.74) is 3.68. The fraction of sp³-hybridized carbons (Fsp3) is 0.125. The SMILES string of the molecule is CCOc1ccc(C2=CC(c3c(F)cccc3Cl)n3c(nc4ccccc43)N2)cc1Cl. The molecule has 0 saturated carbocycles. The van der Waals surface area contributed by atoms with E-state index >= 15 is 0 Å². The van der Waals surface area contributed by atoms with E-state index in [4.69, 9.17) is 32.9 Å². The van der Waals surface area contributed by atoms with Crippen molar-refractivity contribution in [1.82, 2.24) is 9.55 Å². The van der Waals surface area contributed by atoms with E-state index in [1.807, 2.05) is 60.0 Å². The monoisotopic (exact) mass is 453 g/mol. The molecule has 1 aromatic heterocycles. The molecule has 1 aliphatic heterocycles. The predicted octanol–water partition coefficient (Wildman–Crippen LogP) is 6.94.